The number of hydrogen-bond acceptors (Lipinski definition) is 6. The molecule has 0 fully saturated rings. The van der Waals surface area contributed by atoms with E-state index < -0.39 is 10.0 Å². The molecule has 0 unspecified atom stereocenters. The summed E-state index contributed by atoms with van der Waals surface area (Å²) in [4.78, 5) is 16.6. The van der Waals surface area contributed by atoms with Crippen LogP contribution in [0.2, 0.25) is 0 Å². The van der Waals surface area contributed by atoms with E-state index in [1.807, 2.05) is 24.3 Å². The molecule has 0 aliphatic rings. The van der Waals surface area contributed by atoms with Gasteiger partial charge in [-0.25, -0.2) is 18.1 Å². The van der Waals surface area contributed by atoms with Crippen molar-refractivity contribution >= 4 is 37.5 Å². The summed E-state index contributed by atoms with van der Waals surface area (Å²) in [6, 6.07) is 14.0. The second kappa shape index (κ2) is 9.13. The standard InChI is InChI=1S/C19H21N3O4S2/c1-26-14-6-8-15(9-7-14)28(24,25)21-13-12-20-18(23)10-11-19-22-16-4-2-3-5-17(16)27-19/h2-9,21H,10-13H2,1H3,(H,20,23). The first kappa shape index (κ1) is 20.2. The predicted molar refractivity (Wildman–Crippen MR) is 109 cm³/mol. The van der Waals surface area contributed by atoms with E-state index in [4.69, 9.17) is 4.74 Å². The third-order valence-electron chi connectivity index (χ3n) is 4.01. The molecule has 0 aliphatic carbocycles. The number of para-hydroxylation sites is 1. The molecular weight excluding hydrogens is 398 g/mol. The molecule has 0 spiro atoms. The first-order valence-electron chi connectivity index (χ1n) is 8.73. The van der Waals surface area contributed by atoms with E-state index >= 15 is 0 Å². The van der Waals surface area contributed by atoms with Gasteiger partial charge in [-0.3, -0.25) is 4.79 Å². The fourth-order valence-electron chi connectivity index (χ4n) is 2.56. The second-order valence-electron chi connectivity index (χ2n) is 6.00. The number of sulfonamides is 1. The number of amides is 1. The van der Waals surface area contributed by atoms with Gasteiger partial charge in [-0.2, -0.15) is 0 Å². The average Bonchev–Trinajstić information content (AvgIpc) is 3.13. The van der Waals surface area contributed by atoms with Crippen molar-refractivity contribution in [3.8, 4) is 5.75 Å². The van der Waals surface area contributed by atoms with E-state index in [0.29, 0.717) is 18.6 Å². The van der Waals surface area contributed by atoms with E-state index in [0.717, 1.165) is 15.2 Å². The lowest BCUT2D eigenvalue weighted by atomic mass is 10.3. The number of nitrogens with zero attached hydrogens (tertiary/aromatic N) is 1. The SMILES string of the molecule is COc1ccc(S(=O)(=O)NCCNC(=O)CCc2nc3ccccc3s2)cc1. The Morgan fingerprint density at radius 3 is 2.57 bits per heavy atom. The van der Waals surface area contributed by atoms with Crippen LogP contribution in [0.25, 0.3) is 10.2 Å². The first-order valence-corrected chi connectivity index (χ1v) is 11.0. The molecule has 2 N–H and O–H groups in total. The molecule has 3 aromatic rings. The lowest BCUT2D eigenvalue weighted by molar-refractivity contribution is -0.121. The van der Waals surface area contributed by atoms with Crippen molar-refractivity contribution in [1.29, 1.82) is 0 Å². The lowest BCUT2D eigenvalue weighted by Crippen LogP contribution is -2.34. The molecule has 9 heteroatoms. The van der Waals surface area contributed by atoms with Crippen LogP contribution < -0.4 is 14.8 Å². The highest BCUT2D eigenvalue weighted by Crippen LogP contribution is 2.22. The van der Waals surface area contributed by atoms with Crippen molar-refractivity contribution in [3.05, 3.63) is 53.5 Å². The van der Waals surface area contributed by atoms with Gasteiger partial charge in [0.1, 0.15) is 5.75 Å². The van der Waals surface area contributed by atoms with Gasteiger partial charge < -0.3 is 10.1 Å². The highest BCUT2D eigenvalue weighted by Gasteiger charge is 2.13. The summed E-state index contributed by atoms with van der Waals surface area (Å²) in [6.45, 7) is 0.329. The highest BCUT2D eigenvalue weighted by molar-refractivity contribution is 7.89. The van der Waals surface area contributed by atoms with Crippen molar-refractivity contribution < 1.29 is 17.9 Å². The number of thiazole rings is 1. The van der Waals surface area contributed by atoms with Crippen molar-refractivity contribution in [1.82, 2.24) is 15.0 Å². The molecule has 7 nitrogen and oxygen atoms in total. The van der Waals surface area contributed by atoms with Crippen LogP contribution in [0.5, 0.6) is 5.75 Å². The third-order valence-corrected chi connectivity index (χ3v) is 6.59. The second-order valence-corrected chi connectivity index (χ2v) is 8.88. The number of carbonyl (C=O) groups excluding carboxylic acids is 1. The smallest absolute Gasteiger partial charge is 0.240 e. The Hall–Kier alpha value is -2.49. The Balaban J connectivity index is 1.40. The van der Waals surface area contributed by atoms with Crippen LogP contribution >= 0.6 is 11.3 Å². The number of hydrogen-bond donors (Lipinski definition) is 2. The van der Waals surface area contributed by atoms with Crippen molar-refractivity contribution in [2.24, 2.45) is 0 Å². The molecule has 0 bridgehead atoms. The van der Waals surface area contributed by atoms with Crippen LogP contribution in [-0.4, -0.2) is 39.5 Å². The quantitative estimate of drug-likeness (QED) is 0.519. The van der Waals surface area contributed by atoms with Gasteiger partial charge in [-0.1, -0.05) is 12.1 Å². The van der Waals surface area contributed by atoms with E-state index in [2.05, 4.69) is 15.0 Å². The minimum atomic E-state index is -3.62. The Labute approximate surface area is 167 Å². The highest BCUT2D eigenvalue weighted by atomic mass is 32.2. The van der Waals surface area contributed by atoms with Gasteiger partial charge in [-0.05, 0) is 36.4 Å². The molecule has 0 radical (unpaired) electrons. The summed E-state index contributed by atoms with van der Waals surface area (Å²) in [5.74, 6) is 0.447. The van der Waals surface area contributed by atoms with E-state index in [-0.39, 0.29) is 23.9 Å². The van der Waals surface area contributed by atoms with Gasteiger partial charge in [0.2, 0.25) is 15.9 Å². The number of benzene rings is 2. The van der Waals surface area contributed by atoms with Crippen LogP contribution in [-0.2, 0) is 21.2 Å². The zero-order chi connectivity index (χ0) is 20.0. The van der Waals surface area contributed by atoms with Crippen LogP contribution in [0, 0.1) is 0 Å². The van der Waals surface area contributed by atoms with Crippen LogP contribution in [0.3, 0.4) is 0 Å². The molecule has 1 heterocycles. The molecule has 28 heavy (non-hydrogen) atoms. The molecule has 0 atom stereocenters. The van der Waals surface area contributed by atoms with Gasteiger partial charge in [0.15, 0.2) is 0 Å². The molecule has 0 aliphatic heterocycles. The van der Waals surface area contributed by atoms with E-state index in [9.17, 15) is 13.2 Å². The van der Waals surface area contributed by atoms with Crippen LogP contribution in [0.1, 0.15) is 11.4 Å². The van der Waals surface area contributed by atoms with Gasteiger partial charge in [0.25, 0.3) is 0 Å². The van der Waals surface area contributed by atoms with E-state index in [1.54, 1.807) is 23.5 Å². The topological polar surface area (TPSA) is 97.4 Å². The first-order chi connectivity index (χ1) is 13.5. The van der Waals surface area contributed by atoms with Gasteiger partial charge in [0, 0.05) is 25.9 Å². The van der Waals surface area contributed by atoms with E-state index in [1.165, 1.54) is 19.2 Å². The lowest BCUT2D eigenvalue weighted by Gasteiger charge is -2.08. The van der Waals surface area contributed by atoms with Crippen molar-refractivity contribution in [2.45, 2.75) is 17.7 Å². The van der Waals surface area contributed by atoms with Crippen LogP contribution in [0.4, 0.5) is 0 Å². The maximum absolute atomic E-state index is 12.2. The number of methoxy groups -OCH3 is 1. The summed E-state index contributed by atoms with van der Waals surface area (Å²) in [5.41, 5.74) is 0.941. The number of aryl methyl sites for hydroxylation is 1. The Morgan fingerprint density at radius 1 is 1.11 bits per heavy atom. The number of aromatic nitrogens is 1. The molecule has 2 aromatic carbocycles. The average molecular weight is 420 g/mol. The van der Waals surface area contributed by atoms with Crippen molar-refractivity contribution in [2.75, 3.05) is 20.2 Å². The normalized spacial score (nSPS) is 11.5. The molecule has 1 amide bonds. The summed E-state index contributed by atoms with van der Waals surface area (Å²) in [5, 5.41) is 3.63. The number of ether oxygens (including phenoxy) is 1. The van der Waals surface area contributed by atoms with Gasteiger partial charge in [-0.15, -0.1) is 11.3 Å². The maximum atomic E-state index is 12.2. The predicted octanol–water partition coefficient (Wildman–Crippen LogP) is 2.33. The zero-order valence-electron chi connectivity index (χ0n) is 15.3. The Bertz CT molecular complexity index is 1010. The summed E-state index contributed by atoms with van der Waals surface area (Å²) < 4.78 is 33.0. The fourth-order valence-corrected chi connectivity index (χ4v) is 4.56. The number of fused-ring (bicyclic) bond motifs is 1. The molecular formula is C19H21N3O4S2. The third kappa shape index (κ3) is 5.28. The van der Waals surface area contributed by atoms with Gasteiger partial charge >= 0.3 is 0 Å². The van der Waals surface area contributed by atoms with Crippen LogP contribution in [0.15, 0.2) is 53.4 Å². The summed E-state index contributed by atoms with van der Waals surface area (Å²) >= 11 is 1.58. The van der Waals surface area contributed by atoms with Crippen molar-refractivity contribution in [3.63, 3.8) is 0 Å². The number of rotatable bonds is 9. The molecule has 0 saturated carbocycles. The molecule has 3 rings (SSSR count). The van der Waals surface area contributed by atoms with Gasteiger partial charge in [0.05, 0.1) is 27.2 Å². The zero-order valence-corrected chi connectivity index (χ0v) is 17.0. The minimum Gasteiger partial charge on any atom is -0.497 e. The Morgan fingerprint density at radius 2 is 1.86 bits per heavy atom. The number of nitrogens with one attached hydrogen (secondary N) is 2. The Kier molecular flexibility index (Phi) is 6.61. The monoisotopic (exact) mass is 419 g/mol. The minimum absolute atomic E-state index is 0.112. The summed E-state index contributed by atoms with van der Waals surface area (Å²) in [6.07, 6.45) is 0.869. The maximum Gasteiger partial charge on any atom is 0.240 e. The number of carbonyl (C=O) groups is 1. The molecule has 1 aromatic heterocycles. The largest absolute Gasteiger partial charge is 0.497 e. The fraction of sp³-hybridized carbons (Fsp3) is 0.263. The molecule has 0 saturated heterocycles. The summed E-state index contributed by atoms with van der Waals surface area (Å²) in [7, 11) is -2.10. The molecule has 148 valence electrons.